The quantitative estimate of drug-likeness (QED) is 0.864. The highest BCUT2D eigenvalue weighted by Gasteiger charge is 2.12. The van der Waals surface area contributed by atoms with Gasteiger partial charge >= 0.3 is 0 Å². The maximum atomic E-state index is 10.9. The number of nitrogens with two attached hydrogens (primary N) is 2. The predicted molar refractivity (Wildman–Crippen MR) is 66.7 cm³/mol. The van der Waals surface area contributed by atoms with E-state index in [1.807, 2.05) is 6.92 Å². The van der Waals surface area contributed by atoms with E-state index in [-0.39, 0.29) is 5.69 Å². The number of aromatic nitrogens is 3. The SMILES string of the molecule is Cc1c(N)cnc(-n2ccc(C(N)=O)n2)c1Br. The van der Waals surface area contributed by atoms with Crippen molar-refractivity contribution in [2.45, 2.75) is 6.92 Å². The third-order valence-corrected chi connectivity index (χ3v) is 3.29. The second kappa shape index (κ2) is 4.17. The zero-order valence-electron chi connectivity index (χ0n) is 9.01. The third-order valence-electron chi connectivity index (χ3n) is 2.34. The molecule has 2 rings (SSSR count). The average Bonchev–Trinajstić information content (AvgIpc) is 2.75. The molecule has 0 radical (unpaired) electrons. The molecule has 0 fully saturated rings. The Morgan fingerprint density at radius 2 is 2.24 bits per heavy atom. The molecule has 0 atom stereocenters. The van der Waals surface area contributed by atoms with Gasteiger partial charge in [-0.3, -0.25) is 4.79 Å². The maximum Gasteiger partial charge on any atom is 0.269 e. The number of hydrogen-bond donors (Lipinski definition) is 2. The second-order valence-corrected chi connectivity index (χ2v) is 4.28. The van der Waals surface area contributed by atoms with E-state index in [4.69, 9.17) is 11.5 Å². The standard InChI is InChI=1S/C10H10BrN5O/c1-5-6(12)4-14-10(8(5)11)16-3-2-7(15-16)9(13)17/h2-4H,12H2,1H3,(H2,13,17). The van der Waals surface area contributed by atoms with Gasteiger partial charge in [-0.05, 0) is 34.5 Å². The molecule has 4 N–H and O–H groups in total. The topological polar surface area (TPSA) is 99.8 Å². The van der Waals surface area contributed by atoms with Crippen LogP contribution in [0.25, 0.3) is 5.82 Å². The minimum Gasteiger partial charge on any atom is -0.397 e. The highest BCUT2D eigenvalue weighted by Crippen LogP contribution is 2.26. The largest absolute Gasteiger partial charge is 0.397 e. The van der Waals surface area contributed by atoms with E-state index >= 15 is 0 Å². The van der Waals surface area contributed by atoms with E-state index < -0.39 is 5.91 Å². The van der Waals surface area contributed by atoms with Crippen LogP contribution in [0.3, 0.4) is 0 Å². The van der Waals surface area contributed by atoms with E-state index in [0.717, 1.165) is 10.0 Å². The van der Waals surface area contributed by atoms with E-state index in [0.29, 0.717) is 11.5 Å². The molecule has 0 unspecified atom stereocenters. The summed E-state index contributed by atoms with van der Waals surface area (Å²) in [4.78, 5) is 15.1. The molecule has 0 spiro atoms. The zero-order chi connectivity index (χ0) is 12.6. The van der Waals surface area contributed by atoms with Crippen LogP contribution in [0.4, 0.5) is 5.69 Å². The number of halogens is 1. The Morgan fingerprint density at radius 1 is 1.53 bits per heavy atom. The van der Waals surface area contributed by atoms with Crippen LogP contribution in [0.15, 0.2) is 22.9 Å². The predicted octanol–water partition coefficient (Wildman–Crippen LogP) is 1.02. The number of anilines is 1. The van der Waals surface area contributed by atoms with Crippen molar-refractivity contribution in [2.24, 2.45) is 5.73 Å². The monoisotopic (exact) mass is 295 g/mol. The Kier molecular flexibility index (Phi) is 2.84. The number of nitrogens with zero attached hydrogens (tertiary/aromatic N) is 3. The van der Waals surface area contributed by atoms with Crippen LogP contribution in [0.5, 0.6) is 0 Å². The van der Waals surface area contributed by atoms with Crippen LogP contribution in [0.1, 0.15) is 16.1 Å². The number of rotatable bonds is 2. The summed E-state index contributed by atoms with van der Waals surface area (Å²) in [7, 11) is 0. The molecule has 2 heterocycles. The van der Waals surface area contributed by atoms with E-state index in [1.165, 1.54) is 10.7 Å². The van der Waals surface area contributed by atoms with Crippen LogP contribution in [-0.2, 0) is 0 Å². The fourth-order valence-corrected chi connectivity index (χ4v) is 1.82. The lowest BCUT2D eigenvalue weighted by Gasteiger charge is -2.07. The number of nitrogen functional groups attached to an aromatic ring is 1. The Morgan fingerprint density at radius 3 is 2.82 bits per heavy atom. The molecule has 7 heteroatoms. The summed E-state index contributed by atoms with van der Waals surface area (Å²) in [5.41, 5.74) is 12.5. The summed E-state index contributed by atoms with van der Waals surface area (Å²) >= 11 is 3.39. The van der Waals surface area contributed by atoms with Gasteiger partial charge in [-0.25, -0.2) is 9.67 Å². The lowest BCUT2D eigenvalue weighted by atomic mass is 10.2. The third kappa shape index (κ3) is 2.01. The molecule has 0 aliphatic rings. The first kappa shape index (κ1) is 11.6. The Bertz CT molecular complexity index is 592. The first-order valence-electron chi connectivity index (χ1n) is 4.77. The Labute approximate surface area is 106 Å². The van der Waals surface area contributed by atoms with Gasteiger partial charge in [0.25, 0.3) is 5.91 Å². The van der Waals surface area contributed by atoms with E-state index in [1.54, 1.807) is 12.4 Å². The minimum absolute atomic E-state index is 0.188. The van der Waals surface area contributed by atoms with Gasteiger partial charge in [0.1, 0.15) is 5.69 Å². The van der Waals surface area contributed by atoms with Crippen molar-refractivity contribution in [3.05, 3.63) is 34.2 Å². The molecular formula is C10H10BrN5O. The summed E-state index contributed by atoms with van der Waals surface area (Å²) in [6.07, 6.45) is 3.16. The maximum absolute atomic E-state index is 10.9. The molecule has 17 heavy (non-hydrogen) atoms. The second-order valence-electron chi connectivity index (χ2n) is 3.49. The van der Waals surface area contributed by atoms with Crippen molar-refractivity contribution in [2.75, 3.05) is 5.73 Å². The first-order valence-corrected chi connectivity index (χ1v) is 5.56. The molecular weight excluding hydrogens is 286 g/mol. The number of carbonyl (C=O) groups is 1. The molecule has 1 amide bonds. The molecule has 0 aliphatic carbocycles. The van der Waals surface area contributed by atoms with Gasteiger partial charge in [0.15, 0.2) is 5.82 Å². The van der Waals surface area contributed by atoms with Gasteiger partial charge < -0.3 is 11.5 Å². The lowest BCUT2D eigenvalue weighted by molar-refractivity contribution is 0.0995. The van der Waals surface area contributed by atoms with Gasteiger partial charge in [-0.1, -0.05) is 0 Å². The van der Waals surface area contributed by atoms with Crippen molar-refractivity contribution in [1.82, 2.24) is 14.8 Å². The molecule has 0 bridgehead atoms. The smallest absolute Gasteiger partial charge is 0.269 e. The fraction of sp³-hybridized carbons (Fsp3) is 0.100. The van der Waals surface area contributed by atoms with Crippen LogP contribution in [0.2, 0.25) is 0 Å². The fourth-order valence-electron chi connectivity index (χ4n) is 1.31. The van der Waals surface area contributed by atoms with Crippen molar-refractivity contribution < 1.29 is 4.79 Å². The number of carbonyl (C=O) groups excluding carboxylic acids is 1. The van der Waals surface area contributed by atoms with Crippen molar-refractivity contribution >= 4 is 27.5 Å². The van der Waals surface area contributed by atoms with Crippen LogP contribution in [-0.4, -0.2) is 20.7 Å². The van der Waals surface area contributed by atoms with Gasteiger partial charge in [-0.15, -0.1) is 0 Å². The van der Waals surface area contributed by atoms with Crippen molar-refractivity contribution in [1.29, 1.82) is 0 Å². The van der Waals surface area contributed by atoms with Crippen LogP contribution < -0.4 is 11.5 Å². The summed E-state index contributed by atoms with van der Waals surface area (Å²) < 4.78 is 2.20. The van der Waals surface area contributed by atoms with Crippen molar-refractivity contribution in [3.63, 3.8) is 0 Å². The number of amides is 1. The summed E-state index contributed by atoms with van der Waals surface area (Å²) in [6, 6.07) is 1.53. The van der Waals surface area contributed by atoms with Gasteiger partial charge in [0, 0.05) is 6.20 Å². The Balaban J connectivity index is 2.53. The molecule has 0 saturated heterocycles. The molecule has 0 saturated carbocycles. The molecule has 0 aromatic carbocycles. The van der Waals surface area contributed by atoms with Crippen LogP contribution in [0, 0.1) is 6.92 Å². The van der Waals surface area contributed by atoms with Crippen LogP contribution >= 0.6 is 15.9 Å². The summed E-state index contributed by atoms with van der Waals surface area (Å²) in [5.74, 6) is -0.0174. The highest BCUT2D eigenvalue weighted by molar-refractivity contribution is 9.10. The first-order chi connectivity index (χ1) is 8.00. The molecule has 6 nitrogen and oxygen atoms in total. The zero-order valence-corrected chi connectivity index (χ0v) is 10.6. The van der Waals surface area contributed by atoms with E-state index in [9.17, 15) is 4.79 Å². The van der Waals surface area contributed by atoms with Gasteiger partial charge in [0.05, 0.1) is 16.4 Å². The number of hydrogen-bond acceptors (Lipinski definition) is 4. The minimum atomic E-state index is -0.577. The molecule has 88 valence electrons. The van der Waals surface area contributed by atoms with E-state index in [2.05, 4.69) is 26.0 Å². The summed E-state index contributed by atoms with van der Waals surface area (Å²) in [5, 5.41) is 4.02. The number of primary amides is 1. The Hall–Kier alpha value is -1.89. The number of pyridine rings is 1. The highest BCUT2D eigenvalue weighted by atomic mass is 79.9. The summed E-state index contributed by atoms with van der Waals surface area (Å²) in [6.45, 7) is 1.86. The normalized spacial score (nSPS) is 10.5. The van der Waals surface area contributed by atoms with Crippen molar-refractivity contribution in [3.8, 4) is 5.82 Å². The lowest BCUT2D eigenvalue weighted by Crippen LogP contribution is -2.12. The van der Waals surface area contributed by atoms with Gasteiger partial charge in [-0.2, -0.15) is 5.10 Å². The molecule has 2 aromatic rings. The molecule has 2 aromatic heterocycles. The van der Waals surface area contributed by atoms with Gasteiger partial charge in [0.2, 0.25) is 0 Å². The average molecular weight is 296 g/mol. The molecule has 0 aliphatic heterocycles.